The predicted octanol–water partition coefficient (Wildman–Crippen LogP) is 3.53. The quantitative estimate of drug-likeness (QED) is 0.454. The van der Waals surface area contributed by atoms with Gasteiger partial charge in [0.15, 0.2) is 11.6 Å². The standard InChI is InChI=1S/C14H11Br2FN2O2/c15-10-3-4-13(12(17)6-10)21-7-9-2-1-8(5-11(9)16)14(20)19-18/h1-6H,7,18H2,(H,19,20). The zero-order chi connectivity index (χ0) is 15.4. The summed E-state index contributed by atoms with van der Waals surface area (Å²) in [6.45, 7) is 0.170. The Morgan fingerprint density at radius 2 is 2.00 bits per heavy atom. The van der Waals surface area contributed by atoms with E-state index in [1.165, 1.54) is 6.07 Å². The van der Waals surface area contributed by atoms with Crippen molar-refractivity contribution in [2.75, 3.05) is 0 Å². The molecule has 0 fully saturated rings. The molecule has 0 aliphatic carbocycles. The van der Waals surface area contributed by atoms with Crippen LogP contribution in [0.25, 0.3) is 0 Å². The number of carbonyl (C=O) groups excluding carboxylic acids is 1. The Kier molecular flexibility index (Phi) is 5.33. The fourth-order valence-electron chi connectivity index (χ4n) is 1.64. The molecule has 0 saturated carbocycles. The molecule has 2 rings (SSSR count). The molecule has 2 aromatic carbocycles. The molecular formula is C14H11Br2FN2O2. The van der Waals surface area contributed by atoms with Gasteiger partial charge >= 0.3 is 0 Å². The molecule has 2 aromatic rings. The Bertz CT molecular complexity index is 680. The maximum atomic E-state index is 13.6. The minimum atomic E-state index is -0.445. The second-order valence-corrected chi connectivity index (χ2v) is 5.91. The van der Waals surface area contributed by atoms with Gasteiger partial charge in [-0.1, -0.05) is 37.9 Å². The number of nitrogens with one attached hydrogen (secondary N) is 1. The van der Waals surface area contributed by atoms with E-state index in [0.717, 1.165) is 5.56 Å². The van der Waals surface area contributed by atoms with Gasteiger partial charge in [-0.15, -0.1) is 0 Å². The molecule has 21 heavy (non-hydrogen) atoms. The number of nitrogen functional groups attached to an aromatic ring is 1. The summed E-state index contributed by atoms with van der Waals surface area (Å²) in [5, 5.41) is 0. The normalized spacial score (nSPS) is 10.3. The van der Waals surface area contributed by atoms with Crippen molar-refractivity contribution in [3.63, 3.8) is 0 Å². The minimum Gasteiger partial charge on any atom is -0.486 e. The zero-order valence-electron chi connectivity index (χ0n) is 10.7. The highest BCUT2D eigenvalue weighted by molar-refractivity contribution is 9.10. The van der Waals surface area contributed by atoms with Gasteiger partial charge in [0.05, 0.1) is 0 Å². The maximum absolute atomic E-state index is 13.6. The molecule has 0 aliphatic rings. The first-order valence-corrected chi connectivity index (χ1v) is 7.47. The number of rotatable bonds is 4. The van der Waals surface area contributed by atoms with E-state index in [4.69, 9.17) is 10.6 Å². The van der Waals surface area contributed by atoms with Gasteiger partial charge in [0.1, 0.15) is 6.61 Å². The van der Waals surface area contributed by atoms with Gasteiger partial charge in [-0.05, 0) is 30.3 Å². The lowest BCUT2D eigenvalue weighted by Crippen LogP contribution is -2.29. The Hall–Kier alpha value is -1.44. The molecular weight excluding hydrogens is 407 g/mol. The van der Waals surface area contributed by atoms with Crippen LogP contribution in [0.15, 0.2) is 45.3 Å². The van der Waals surface area contributed by atoms with Crippen molar-refractivity contribution in [3.05, 3.63) is 62.3 Å². The van der Waals surface area contributed by atoms with Crippen LogP contribution in [0.4, 0.5) is 4.39 Å². The number of halogens is 3. The predicted molar refractivity (Wildman–Crippen MR) is 84.2 cm³/mol. The second kappa shape index (κ2) is 7.02. The van der Waals surface area contributed by atoms with Crippen LogP contribution in [-0.4, -0.2) is 5.91 Å². The van der Waals surface area contributed by atoms with E-state index in [0.29, 0.717) is 14.5 Å². The third kappa shape index (κ3) is 4.03. The van der Waals surface area contributed by atoms with Crippen LogP contribution in [0.3, 0.4) is 0 Å². The average molecular weight is 418 g/mol. The second-order valence-electron chi connectivity index (χ2n) is 4.14. The first-order valence-electron chi connectivity index (χ1n) is 5.88. The van der Waals surface area contributed by atoms with E-state index in [1.54, 1.807) is 30.3 Å². The van der Waals surface area contributed by atoms with Crippen LogP contribution in [0.1, 0.15) is 15.9 Å². The third-order valence-electron chi connectivity index (χ3n) is 2.72. The van der Waals surface area contributed by atoms with Gasteiger partial charge in [0, 0.05) is 20.1 Å². The average Bonchev–Trinajstić information content (AvgIpc) is 2.46. The molecule has 0 unspecified atom stereocenters. The Morgan fingerprint density at radius 3 is 2.62 bits per heavy atom. The lowest BCUT2D eigenvalue weighted by atomic mass is 10.1. The number of hydrogen-bond donors (Lipinski definition) is 2. The smallest absolute Gasteiger partial charge is 0.265 e. The van der Waals surface area contributed by atoms with Crippen molar-refractivity contribution in [2.24, 2.45) is 5.84 Å². The first-order chi connectivity index (χ1) is 10.0. The van der Waals surface area contributed by atoms with Gasteiger partial charge in [-0.25, -0.2) is 10.2 Å². The molecule has 0 heterocycles. The fourth-order valence-corrected chi connectivity index (χ4v) is 2.46. The highest BCUT2D eigenvalue weighted by Crippen LogP contribution is 2.24. The van der Waals surface area contributed by atoms with Crippen molar-refractivity contribution in [2.45, 2.75) is 6.61 Å². The molecule has 0 bridgehead atoms. The van der Waals surface area contributed by atoms with E-state index in [9.17, 15) is 9.18 Å². The van der Waals surface area contributed by atoms with Gasteiger partial charge in [-0.3, -0.25) is 10.2 Å². The molecule has 0 spiro atoms. The number of amides is 1. The molecule has 0 aliphatic heterocycles. The highest BCUT2D eigenvalue weighted by Gasteiger charge is 2.09. The lowest BCUT2D eigenvalue weighted by Gasteiger charge is -2.10. The largest absolute Gasteiger partial charge is 0.486 e. The fraction of sp³-hybridized carbons (Fsp3) is 0.0714. The van der Waals surface area contributed by atoms with Crippen LogP contribution in [0.2, 0.25) is 0 Å². The number of hydrazine groups is 1. The van der Waals surface area contributed by atoms with Crippen molar-refractivity contribution in [1.29, 1.82) is 0 Å². The van der Waals surface area contributed by atoms with Gasteiger partial charge in [-0.2, -0.15) is 0 Å². The molecule has 110 valence electrons. The van der Waals surface area contributed by atoms with Gasteiger partial charge < -0.3 is 4.74 Å². The van der Waals surface area contributed by atoms with E-state index in [-0.39, 0.29) is 18.3 Å². The summed E-state index contributed by atoms with van der Waals surface area (Å²) in [5.74, 6) is 4.40. The highest BCUT2D eigenvalue weighted by atomic mass is 79.9. The molecule has 0 aromatic heterocycles. The molecule has 4 nitrogen and oxygen atoms in total. The van der Waals surface area contributed by atoms with E-state index >= 15 is 0 Å². The molecule has 0 radical (unpaired) electrons. The Morgan fingerprint density at radius 1 is 1.24 bits per heavy atom. The summed E-state index contributed by atoms with van der Waals surface area (Å²) in [6.07, 6.45) is 0. The van der Waals surface area contributed by atoms with Crippen LogP contribution in [0, 0.1) is 5.82 Å². The van der Waals surface area contributed by atoms with Crippen molar-refractivity contribution in [1.82, 2.24) is 5.43 Å². The van der Waals surface area contributed by atoms with Gasteiger partial charge in [0.2, 0.25) is 0 Å². The topological polar surface area (TPSA) is 64.3 Å². The van der Waals surface area contributed by atoms with Crippen LogP contribution >= 0.6 is 31.9 Å². The summed E-state index contributed by atoms with van der Waals surface area (Å²) < 4.78 is 20.4. The Balaban J connectivity index is 2.11. The van der Waals surface area contributed by atoms with Crippen molar-refractivity contribution in [3.8, 4) is 5.75 Å². The SMILES string of the molecule is NNC(=O)c1ccc(COc2ccc(Br)cc2F)c(Br)c1. The summed E-state index contributed by atoms with van der Waals surface area (Å²) >= 11 is 6.53. The third-order valence-corrected chi connectivity index (χ3v) is 3.95. The first kappa shape index (κ1) is 15.9. The molecule has 0 atom stereocenters. The Labute approximate surface area is 137 Å². The van der Waals surface area contributed by atoms with Crippen LogP contribution < -0.4 is 16.0 Å². The number of ether oxygens (including phenoxy) is 1. The minimum absolute atomic E-state index is 0.161. The van der Waals surface area contributed by atoms with E-state index in [1.807, 2.05) is 0 Å². The molecule has 0 saturated heterocycles. The zero-order valence-corrected chi connectivity index (χ0v) is 13.9. The maximum Gasteiger partial charge on any atom is 0.265 e. The number of hydrogen-bond acceptors (Lipinski definition) is 3. The monoisotopic (exact) mass is 416 g/mol. The number of nitrogens with two attached hydrogens (primary N) is 1. The van der Waals surface area contributed by atoms with Crippen molar-refractivity contribution < 1.29 is 13.9 Å². The van der Waals surface area contributed by atoms with E-state index < -0.39 is 5.82 Å². The van der Waals surface area contributed by atoms with Crippen LogP contribution in [-0.2, 0) is 6.61 Å². The van der Waals surface area contributed by atoms with Crippen LogP contribution in [0.5, 0.6) is 5.75 Å². The summed E-state index contributed by atoms with van der Waals surface area (Å²) in [7, 11) is 0. The summed E-state index contributed by atoms with van der Waals surface area (Å²) in [6, 6.07) is 9.53. The lowest BCUT2D eigenvalue weighted by molar-refractivity contribution is 0.0953. The summed E-state index contributed by atoms with van der Waals surface area (Å²) in [5.41, 5.74) is 3.26. The molecule has 7 heteroatoms. The van der Waals surface area contributed by atoms with Crippen molar-refractivity contribution >= 4 is 37.8 Å². The molecule has 1 amide bonds. The number of carbonyl (C=O) groups is 1. The van der Waals surface area contributed by atoms with E-state index in [2.05, 4.69) is 37.3 Å². The van der Waals surface area contributed by atoms with Gasteiger partial charge in [0.25, 0.3) is 5.91 Å². The summed E-state index contributed by atoms with van der Waals surface area (Å²) in [4.78, 5) is 11.4. The molecule has 3 N–H and O–H groups in total. The number of benzene rings is 2.